The molecule has 1 N–H and O–H groups in total. The third-order valence-electron chi connectivity index (χ3n) is 4.78. The number of halogens is 2. The molecule has 0 unspecified atom stereocenters. The molecule has 1 saturated heterocycles. The predicted molar refractivity (Wildman–Crippen MR) is 113 cm³/mol. The summed E-state index contributed by atoms with van der Waals surface area (Å²) in [5, 5.41) is 2.56. The third kappa shape index (κ3) is 4.26. The maximum absolute atomic E-state index is 13.3. The smallest absolute Gasteiger partial charge is 0.321 e. The summed E-state index contributed by atoms with van der Waals surface area (Å²) in [5.41, 5.74) is 1.76. The summed E-state index contributed by atoms with van der Waals surface area (Å²) < 4.78 is 13.3. The number of benzene rings is 2. The van der Waals surface area contributed by atoms with Crippen molar-refractivity contribution in [2.75, 3.05) is 23.3 Å². The average Bonchev–Trinajstić information content (AvgIpc) is 3.11. The Morgan fingerprint density at radius 1 is 1.10 bits per heavy atom. The Kier molecular flexibility index (Phi) is 5.63. The van der Waals surface area contributed by atoms with Gasteiger partial charge in [-0.1, -0.05) is 41.9 Å². The van der Waals surface area contributed by atoms with Gasteiger partial charge in [0, 0.05) is 25.2 Å². The van der Waals surface area contributed by atoms with Crippen molar-refractivity contribution in [3.05, 3.63) is 88.8 Å². The van der Waals surface area contributed by atoms with Crippen molar-refractivity contribution in [2.45, 2.75) is 6.54 Å². The standard InChI is InChI=1S/C22H18ClFN4O2/c23-18-12-16(6-8-19(18)24)21(29)26-17-7-9-20(25-13-17)28-11-10-27(22(28)30)14-15-4-2-1-3-5-15/h1-9,12-13H,10-11,14H2,(H,26,29). The first-order valence-corrected chi connectivity index (χ1v) is 9.72. The van der Waals surface area contributed by atoms with Crippen molar-refractivity contribution in [2.24, 2.45) is 0 Å². The molecule has 0 bridgehead atoms. The summed E-state index contributed by atoms with van der Waals surface area (Å²) in [5.74, 6) is -0.507. The van der Waals surface area contributed by atoms with Crippen molar-refractivity contribution in [1.29, 1.82) is 0 Å². The largest absolute Gasteiger partial charge is 0.326 e. The van der Waals surface area contributed by atoms with Gasteiger partial charge in [0.15, 0.2) is 0 Å². The van der Waals surface area contributed by atoms with Gasteiger partial charge in [0.25, 0.3) is 5.91 Å². The number of pyridine rings is 1. The first-order valence-electron chi connectivity index (χ1n) is 9.34. The van der Waals surface area contributed by atoms with Gasteiger partial charge in [0.1, 0.15) is 11.6 Å². The lowest BCUT2D eigenvalue weighted by Gasteiger charge is -2.18. The van der Waals surface area contributed by atoms with Gasteiger partial charge < -0.3 is 10.2 Å². The van der Waals surface area contributed by atoms with Crippen LogP contribution in [0.4, 0.5) is 20.7 Å². The number of nitrogens with one attached hydrogen (secondary N) is 1. The zero-order chi connectivity index (χ0) is 21.1. The zero-order valence-corrected chi connectivity index (χ0v) is 16.6. The Morgan fingerprint density at radius 3 is 2.60 bits per heavy atom. The van der Waals surface area contributed by atoms with Gasteiger partial charge in [-0.2, -0.15) is 0 Å². The van der Waals surface area contributed by atoms with Crippen LogP contribution >= 0.6 is 11.6 Å². The number of urea groups is 1. The van der Waals surface area contributed by atoms with Gasteiger partial charge in [-0.3, -0.25) is 9.69 Å². The molecule has 2 heterocycles. The molecule has 152 valence electrons. The lowest BCUT2D eigenvalue weighted by molar-refractivity contribution is 0.102. The summed E-state index contributed by atoms with van der Waals surface area (Å²) in [6.45, 7) is 1.70. The highest BCUT2D eigenvalue weighted by Crippen LogP contribution is 2.22. The van der Waals surface area contributed by atoms with Gasteiger partial charge >= 0.3 is 6.03 Å². The molecule has 6 nitrogen and oxygen atoms in total. The Balaban J connectivity index is 1.40. The monoisotopic (exact) mass is 424 g/mol. The van der Waals surface area contributed by atoms with Crippen LogP contribution in [0.15, 0.2) is 66.9 Å². The summed E-state index contributed by atoms with van der Waals surface area (Å²) in [6.07, 6.45) is 1.48. The Bertz CT molecular complexity index is 1080. The molecule has 0 spiro atoms. The van der Waals surface area contributed by atoms with Crippen LogP contribution in [-0.2, 0) is 6.54 Å². The van der Waals surface area contributed by atoms with Crippen LogP contribution in [0, 0.1) is 5.82 Å². The predicted octanol–water partition coefficient (Wildman–Crippen LogP) is 4.57. The maximum Gasteiger partial charge on any atom is 0.326 e. The van der Waals surface area contributed by atoms with Gasteiger partial charge in [-0.05, 0) is 35.9 Å². The molecule has 0 radical (unpaired) electrons. The molecule has 3 aromatic rings. The van der Waals surface area contributed by atoms with E-state index < -0.39 is 11.7 Å². The molecule has 8 heteroatoms. The highest BCUT2D eigenvalue weighted by atomic mass is 35.5. The van der Waals surface area contributed by atoms with Gasteiger partial charge in [-0.15, -0.1) is 0 Å². The average molecular weight is 425 g/mol. The number of aromatic nitrogens is 1. The molecule has 0 atom stereocenters. The van der Waals surface area contributed by atoms with Crippen LogP contribution in [0.25, 0.3) is 0 Å². The summed E-state index contributed by atoms with van der Waals surface area (Å²) in [4.78, 5) is 32.7. The van der Waals surface area contributed by atoms with Gasteiger partial charge in [0.05, 0.1) is 16.9 Å². The molecule has 3 amide bonds. The molecule has 1 aromatic heterocycles. The van der Waals surface area contributed by atoms with E-state index in [1.165, 1.54) is 18.3 Å². The zero-order valence-electron chi connectivity index (χ0n) is 15.9. The Hall–Kier alpha value is -3.45. The molecule has 1 aliphatic heterocycles. The van der Waals surface area contributed by atoms with Crippen LogP contribution in [-0.4, -0.2) is 34.9 Å². The second-order valence-corrected chi connectivity index (χ2v) is 7.24. The van der Waals surface area contributed by atoms with E-state index >= 15 is 0 Å². The molecule has 1 aliphatic rings. The minimum Gasteiger partial charge on any atom is -0.321 e. The fourth-order valence-corrected chi connectivity index (χ4v) is 3.39. The molecule has 2 aromatic carbocycles. The number of rotatable bonds is 5. The fourth-order valence-electron chi connectivity index (χ4n) is 3.21. The van der Waals surface area contributed by atoms with E-state index in [4.69, 9.17) is 11.6 Å². The molecular formula is C22H18ClFN4O2. The Labute approximate surface area is 177 Å². The topological polar surface area (TPSA) is 65.5 Å². The molecular weight excluding hydrogens is 407 g/mol. The minimum atomic E-state index is -0.587. The van der Waals surface area contributed by atoms with Crippen molar-refractivity contribution < 1.29 is 14.0 Å². The van der Waals surface area contributed by atoms with Crippen LogP contribution < -0.4 is 10.2 Å². The van der Waals surface area contributed by atoms with E-state index in [9.17, 15) is 14.0 Å². The highest BCUT2D eigenvalue weighted by Gasteiger charge is 2.30. The maximum atomic E-state index is 13.3. The van der Waals surface area contributed by atoms with E-state index in [1.807, 2.05) is 30.3 Å². The summed E-state index contributed by atoms with van der Waals surface area (Å²) in [6, 6.07) is 16.8. The van der Waals surface area contributed by atoms with Crippen molar-refractivity contribution in [3.8, 4) is 0 Å². The number of carbonyl (C=O) groups excluding carboxylic acids is 2. The van der Waals surface area contributed by atoms with Gasteiger partial charge in [0.2, 0.25) is 0 Å². The van der Waals surface area contributed by atoms with Crippen LogP contribution in [0.2, 0.25) is 5.02 Å². The number of hydrogen-bond donors (Lipinski definition) is 1. The summed E-state index contributed by atoms with van der Waals surface area (Å²) >= 11 is 5.72. The third-order valence-corrected chi connectivity index (χ3v) is 5.06. The normalized spacial score (nSPS) is 13.6. The van der Waals surface area contributed by atoms with E-state index in [0.717, 1.165) is 11.6 Å². The van der Waals surface area contributed by atoms with Crippen molar-refractivity contribution in [3.63, 3.8) is 0 Å². The van der Waals surface area contributed by atoms with E-state index in [0.29, 0.717) is 31.1 Å². The minimum absolute atomic E-state index is 0.107. The van der Waals surface area contributed by atoms with Crippen molar-refractivity contribution >= 4 is 35.0 Å². The number of hydrogen-bond acceptors (Lipinski definition) is 3. The van der Waals surface area contributed by atoms with E-state index in [1.54, 1.807) is 21.9 Å². The summed E-state index contributed by atoms with van der Waals surface area (Å²) in [7, 11) is 0. The lowest BCUT2D eigenvalue weighted by atomic mass is 10.2. The van der Waals surface area contributed by atoms with E-state index in [2.05, 4.69) is 10.3 Å². The SMILES string of the molecule is O=C(Nc1ccc(N2CCN(Cc3ccccc3)C2=O)nc1)c1ccc(F)c(Cl)c1. The molecule has 0 saturated carbocycles. The molecule has 30 heavy (non-hydrogen) atoms. The Morgan fingerprint density at radius 2 is 1.90 bits per heavy atom. The fraction of sp³-hybridized carbons (Fsp3) is 0.136. The van der Waals surface area contributed by atoms with Crippen LogP contribution in [0.1, 0.15) is 15.9 Å². The van der Waals surface area contributed by atoms with Gasteiger partial charge in [-0.25, -0.2) is 14.2 Å². The van der Waals surface area contributed by atoms with E-state index in [-0.39, 0.29) is 16.6 Å². The van der Waals surface area contributed by atoms with Crippen LogP contribution in [0.3, 0.4) is 0 Å². The molecule has 1 fully saturated rings. The molecule has 0 aliphatic carbocycles. The number of amides is 3. The number of nitrogens with zero attached hydrogens (tertiary/aromatic N) is 3. The quantitative estimate of drug-likeness (QED) is 0.652. The first-order chi connectivity index (χ1) is 14.5. The van der Waals surface area contributed by atoms with Crippen LogP contribution in [0.5, 0.6) is 0 Å². The number of carbonyl (C=O) groups is 2. The van der Waals surface area contributed by atoms with Crippen molar-refractivity contribution in [1.82, 2.24) is 9.88 Å². The highest BCUT2D eigenvalue weighted by molar-refractivity contribution is 6.31. The second-order valence-electron chi connectivity index (χ2n) is 6.83. The lowest BCUT2D eigenvalue weighted by Crippen LogP contribution is -2.31. The molecule has 4 rings (SSSR count). The number of anilines is 2. The first kappa shape index (κ1) is 19.8. The second kappa shape index (κ2) is 8.51.